The molecule has 0 aromatic carbocycles. The zero-order valence-electron chi connectivity index (χ0n) is 3.58. The first-order chi connectivity index (χ1) is 1.91. The Morgan fingerprint density at radius 3 is 1.80 bits per heavy atom. The molecule has 0 aliphatic rings. The molecule has 28 valence electrons. The smallest absolute Gasteiger partial charge is 0 e. The molecule has 0 fully saturated rings. The predicted molar refractivity (Wildman–Crippen MR) is 19.2 cm³/mol. The van der Waals surface area contributed by atoms with E-state index in [2.05, 4.69) is 6.08 Å². The van der Waals surface area contributed by atoms with Gasteiger partial charge in [-0.3, -0.25) is 6.08 Å². The van der Waals surface area contributed by atoms with Crippen molar-refractivity contribution in [3.63, 3.8) is 0 Å². The van der Waals surface area contributed by atoms with Gasteiger partial charge < -0.3 is 6.08 Å². The Kier molecular flexibility index (Phi) is 16.4. The summed E-state index contributed by atoms with van der Waals surface area (Å²) in [5.74, 6) is 0. The van der Waals surface area contributed by atoms with Gasteiger partial charge in [0, 0.05) is 31.1 Å². The molecule has 0 atom stereocenters. The molecule has 5 heavy (non-hydrogen) atoms. The van der Waals surface area contributed by atoms with E-state index in [-0.39, 0.29) is 31.1 Å². The zero-order chi connectivity index (χ0) is 3.41. The first-order valence-electron chi connectivity index (χ1n) is 1.37. The SMILES string of the molecule is C[C-]=CC.[U]. The number of rotatable bonds is 0. The maximum atomic E-state index is 2.81. The van der Waals surface area contributed by atoms with Crippen molar-refractivity contribution < 1.29 is 31.1 Å². The van der Waals surface area contributed by atoms with Crippen molar-refractivity contribution in [1.82, 2.24) is 0 Å². The van der Waals surface area contributed by atoms with Crippen LogP contribution in [0.5, 0.6) is 0 Å². The second-order valence-corrected chi connectivity index (χ2v) is 0.577. The fourth-order valence-electron chi connectivity index (χ4n) is 0. The molecule has 1 heteroatoms. The summed E-state index contributed by atoms with van der Waals surface area (Å²) in [5.41, 5.74) is 0. The fourth-order valence-corrected chi connectivity index (χ4v) is 0. The quantitative estimate of drug-likeness (QED) is 0.592. The average molecular weight is 293 g/mol. The summed E-state index contributed by atoms with van der Waals surface area (Å²) in [4.78, 5) is 0. The molecule has 0 bridgehead atoms. The summed E-state index contributed by atoms with van der Waals surface area (Å²) in [5, 5.41) is 0. The van der Waals surface area contributed by atoms with Crippen molar-refractivity contribution >= 4 is 0 Å². The Hall–Kier alpha value is 0.792. The fraction of sp³-hybridized carbons (Fsp3) is 0.500. The molecule has 0 N–H and O–H groups in total. The van der Waals surface area contributed by atoms with Gasteiger partial charge in [-0.25, -0.2) is 0 Å². The minimum absolute atomic E-state index is 0. The van der Waals surface area contributed by atoms with E-state index in [1.54, 1.807) is 0 Å². The topological polar surface area (TPSA) is 0 Å². The third kappa shape index (κ3) is 11.6. The van der Waals surface area contributed by atoms with E-state index < -0.39 is 0 Å². The Bertz CT molecular complexity index is 18.8. The van der Waals surface area contributed by atoms with Gasteiger partial charge in [0.2, 0.25) is 0 Å². The number of hydrogen-bond acceptors (Lipinski definition) is 0. The van der Waals surface area contributed by atoms with Crippen LogP contribution in [0.25, 0.3) is 0 Å². The molecular weight excluding hydrogens is 286 g/mol. The summed E-state index contributed by atoms with van der Waals surface area (Å²) in [6, 6.07) is 0. The second-order valence-electron chi connectivity index (χ2n) is 0.577. The van der Waals surface area contributed by atoms with Crippen LogP contribution in [0.3, 0.4) is 0 Å². The van der Waals surface area contributed by atoms with E-state index in [4.69, 9.17) is 0 Å². The third-order valence-corrected chi connectivity index (χ3v) is 0.289. The van der Waals surface area contributed by atoms with Crippen molar-refractivity contribution in [2.24, 2.45) is 0 Å². The van der Waals surface area contributed by atoms with Gasteiger partial charge in [-0.1, -0.05) is 6.92 Å². The summed E-state index contributed by atoms with van der Waals surface area (Å²) in [6.07, 6.45) is 4.68. The van der Waals surface area contributed by atoms with Crippen molar-refractivity contribution in [1.29, 1.82) is 0 Å². The summed E-state index contributed by atoms with van der Waals surface area (Å²) >= 11 is 0. The van der Waals surface area contributed by atoms with Gasteiger partial charge >= 0.3 is 0 Å². The van der Waals surface area contributed by atoms with E-state index in [1.165, 1.54) is 0 Å². The number of allylic oxidation sites excluding steroid dienone is 2. The van der Waals surface area contributed by atoms with Crippen LogP contribution >= 0.6 is 0 Å². The molecule has 0 saturated carbocycles. The van der Waals surface area contributed by atoms with Crippen LogP contribution in [0.2, 0.25) is 0 Å². The summed E-state index contributed by atoms with van der Waals surface area (Å²) < 4.78 is 0. The normalized spacial score (nSPS) is 7.60. The molecule has 0 aliphatic carbocycles. The third-order valence-electron chi connectivity index (χ3n) is 0.289. The van der Waals surface area contributed by atoms with Gasteiger partial charge in [-0.2, -0.15) is 6.92 Å². The van der Waals surface area contributed by atoms with Crippen molar-refractivity contribution in [2.45, 2.75) is 13.8 Å². The van der Waals surface area contributed by atoms with Gasteiger partial charge in [0.15, 0.2) is 0 Å². The monoisotopic (exact) mass is 293 g/mol. The maximum Gasteiger partial charge on any atom is 0 e. The van der Waals surface area contributed by atoms with E-state index in [0.29, 0.717) is 0 Å². The second kappa shape index (κ2) is 8.84. The van der Waals surface area contributed by atoms with Gasteiger partial charge in [-0.05, 0) is 0 Å². The molecule has 0 unspecified atom stereocenters. The molecule has 0 aliphatic heterocycles. The van der Waals surface area contributed by atoms with E-state index in [9.17, 15) is 0 Å². The molecule has 0 saturated heterocycles. The first-order valence-corrected chi connectivity index (χ1v) is 1.37. The average Bonchev–Trinajstić information content (AvgIpc) is 1.37. The molecule has 0 spiro atoms. The minimum Gasteiger partial charge on any atom is -0.504 e. The van der Waals surface area contributed by atoms with Crippen LogP contribution in [0, 0.1) is 37.2 Å². The van der Waals surface area contributed by atoms with Gasteiger partial charge in [-0.15, -0.1) is 0 Å². The molecular formula is C4H7U-. The maximum absolute atomic E-state index is 2.81. The van der Waals surface area contributed by atoms with E-state index >= 15 is 0 Å². The predicted octanol–water partition coefficient (Wildman–Crippen LogP) is 1.39. The van der Waals surface area contributed by atoms with Crippen molar-refractivity contribution in [3.8, 4) is 0 Å². The Labute approximate surface area is 57.0 Å². The molecule has 0 radical (unpaired) electrons. The zero-order valence-corrected chi connectivity index (χ0v) is 7.74. The Morgan fingerprint density at radius 2 is 1.80 bits per heavy atom. The molecule has 0 rings (SSSR count). The molecule has 0 heterocycles. The van der Waals surface area contributed by atoms with Crippen LogP contribution in [0.1, 0.15) is 13.8 Å². The van der Waals surface area contributed by atoms with Gasteiger partial charge in [0.05, 0.1) is 0 Å². The Morgan fingerprint density at radius 1 is 1.60 bits per heavy atom. The molecule has 0 nitrogen and oxygen atoms in total. The van der Waals surface area contributed by atoms with Crippen molar-refractivity contribution in [3.05, 3.63) is 12.2 Å². The van der Waals surface area contributed by atoms with Crippen LogP contribution in [-0.2, 0) is 0 Å². The van der Waals surface area contributed by atoms with Gasteiger partial charge in [0.25, 0.3) is 0 Å². The van der Waals surface area contributed by atoms with Crippen LogP contribution < -0.4 is 0 Å². The largest absolute Gasteiger partial charge is 0.504 e. The van der Waals surface area contributed by atoms with Gasteiger partial charge in [0.1, 0.15) is 0 Å². The van der Waals surface area contributed by atoms with E-state index in [1.807, 2.05) is 19.9 Å². The minimum atomic E-state index is 0. The molecule has 0 amide bonds. The molecule has 0 aromatic heterocycles. The summed E-state index contributed by atoms with van der Waals surface area (Å²) in [6.45, 7) is 3.82. The van der Waals surface area contributed by atoms with Crippen LogP contribution in [-0.4, -0.2) is 0 Å². The van der Waals surface area contributed by atoms with E-state index in [0.717, 1.165) is 0 Å². The summed E-state index contributed by atoms with van der Waals surface area (Å²) in [7, 11) is 0. The van der Waals surface area contributed by atoms with Crippen LogP contribution in [0.4, 0.5) is 0 Å². The number of hydrogen-bond donors (Lipinski definition) is 0. The standard InChI is InChI=1S/C4H7.U/c1-3-4-2;/h3H,1-2H3;/q-1;. The Balaban J connectivity index is 0. The molecule has 0 aromatic rings. The van der Waals surface area contributed by atoms with Crippen molar-refractivity contribution in [2.75, 3.05) is 0 Å². The first kappa shape index (κ1) is 9.25. The van der Waals surface area contributed by atoms with Crippen LogP contribution in [0.15, 0.2) is 6.08 Å².